The molecule has 0 aromatic carbocycles. The molecule has 0 aliphatic rings. The van der Waals surface area contributed by atoms with Crippen LogP contribution >= 0.6 is 0 Å². The number of carbonyl (C=O) groups excluding carboxylic acids is 1. The Kier molecular flexibility index (Phi) is 4.90. The number of carbonyl (C=O) groups is 1. The van der Waals surface area contributed by atoms with Crippen LogP contribution in [0, 0.1) is 0 Å². The van der Waals surface area contributed by atoms with Crippen molar-refractivity contribution in [3.8, 4) is 0 Å². The average molecular weight is 154 g/mol. The molecule has 0 saturated heterocycles. The molecule has 0 aliphatic carbocycles. The molecule has 0 spiro atoms. The molecule has 11 heavy (non-hydrogen) atoms. The minimum atomic E-state index is 0.613. The Labute approximate surface area is 67.0 Å². The molecule has 62 valence electrons. The molecule has 0 saturated carbocycles. The summed E-state index contributed by atoms with van der Waals surface area (Å²) in [5, 5.41) is 2.50. The van der Waals surface area contributed by atoms with Crippen molar-refractivity contribution in [3.63, 3.8) is 0 Å². The van der Waals surface area contributed by atoms with Gasteiger partial charge >= 0.3 is 0 Å². The molecule has 3 N–H and O–H groups in total. The molecule has 0 aliphatic heterocycles. The SMILES string of the molecule is C/C=C(NC=O)\C(N)=C/CC. The van der Waals surface area contributed by atoms with Crippen LogP contribution in [-0.2, 0) is 4.79 Å². The molecular formula is C8H14N2O. The van der Waals surface area contributed by atoms with Crippen LogP contribution in [0.15, 0.2) is 23.5 Å². The number of nitrogens with one attached hydrogen (secondary N) is 1. The van der Waals surface area contributed by atoms with E-state index < -0.39 is 0 Å². The fourth-order valence-corrected chi connectivity index (χ4v) is 0.727. The third kappa shape index (κ3) is 3.45. The van der Waals surface area contributed by atoms with Gasteiger partial charge in [-0.2, -0.15) is 0 Å². The van der Waals surface area contributed by atoms with Gasteiger partial charge in [-0.05, 0) is 13.3 Å². The maximum Gasteiger partial charge on any atom is 0.211 e. The molecule has 1 amide bonds. The number of allylic oxidation sites excluding steroid dienone is 2. The van der Waals surface area contributed by atoms with Gasteiger partial charge in [-0.15, -0.1) is 0 Å². The van der Waals surface area contributed by atoms with E-state index in [1.165, 1.54) is 0 Å². The third-order valence-corrected chi connectivity index (χ3v) is 1.24. The fourth-order valence-electron chi connectivity index (χ4n) is 0.727. The lowest BCUT2D eigenvalue weighted by Gasteiger charge is -2.03. The summed E-state index contributed by atoms with van der Waals surface area (Å²) in [6.07, 6.45) is 5.09. The predicted molar refractivity (Wildman–Crippen MR) is 45.5 cm³/mol. The highest BCUT2D eigenvalue weighted by atomic mass is 16.1. The maximum absolute atomic E-state index is 10.0. The van der Waals surface area contributed by atoms with E-state index in [-0.39, 0.29) is 0 Å². The second-order valence-electron chi connectivity index (χ2n) is 2.03. The van der Waals surface area contributed by atoms with Gasteiger partial charge in [0.15, 0.2) is 0 Å². The number of hydrogen-bond acceptors (Lipinski definition) is 2. The van der Waals surface area contributed by atoms with Crippen LogP contribution < -0.4 is 11.1 Å². The van der Waals surface area contributed by atoms with Crippen molar-refractivity contribution in [2.24, 2.45) is 5.73 Å². The minimum absolute atomic E-state index is 0.613. The first kappa shape index (κ1) is 9.75. The fraction of sp³-hybridized carbons (Fsp3) is 0.375. The Hall–Kier alpha value is -1.25. The number of nitrogens with two attached hydrogens (primary N) is 1. The highest BCUT2D eigenvalue weighted by Gasteiger charge is 1.95. The Morgan fingerprint density at radius 1 is 1.64 bits per heavy atom. The third-order valence-electron chi connectivity index (χ3n) is 1.24. The van der Waals surface area contributed by atoms with E-state index in [2.05, 4.69) is 5.32 Å². The van der Waals surface area contributed by atoms with Gasteiger partial charge in [-0.3, -0.25) is 4.79 Å². The zero-order valence-electron chi connectivity index (χ0n) is 6.92. The summed E-state index contributed by atoms with van der Waals surface area (Å²) in [5.41, 5.74) is 6.88. The van der Waals surface area contributed by atoms with E-state index in [1.54, 1.807) is 6.08 Å². The smallest absolute Gasteiger partial charge is 0.211 e. The van der Waals surface area contributed by atoms with Crippen LogP contribution in [0.1, 0.15) is 20.3 Å². The highest BCUT2D eigenvalue weighted by Crippen LogP contribution is 1.99. The van der Waals surface area contributed by atoms with Gasteiger partial charge in [-0.1, -0.05) is 19.1 Å². The summed E-state index contributed by atoms with van der Waals surface area (Å²) in [6.45, 7) is 3.81. The molecule has 0 atom stereocenters. The molecule has 0 aromatic heterocycles. The van der Waals surface area contributed by atoms with Gasteiger partial charge in [0.25, 0.3) is 0 Å². The topological polar surface area (TPSA) is 55.1 Å². The van der Waals surface area contributed by atoms with Crippen molar-refractivity contribution in [3.05, 3.63) is 23.5 Å². The number of amides is 1. The van der Waals surface area contributed by atoms with Gasteiger partial charge < -0.3 is 11.1 Å². The van der Waals surface area contributed by atoms with E-state index in [1.807, 2.05) is 19.9 Å². The summed E-state index contributed by atoms with van der Waals surface area (Å²) in [4.78, 5) is 10.0. The minimum Gasteiger partial charge on any atom is -0.397 e. The average Bonchev–Trinajstić information content (AvgIpc) is 2.00. The number of hydrogen-bond donors (Lipinski definition) is 2. The molecule has 3 heteroatoms. The first-order valence-corrected chi connectivity index (χ1v) is 3.58. The first-order valence-electron chi connectivity index (χ1n) is 3.58. The molecule has 0 rings (SSSR count). The van der Waals surface area contributed by atoms with E-state index in [0.717, 1.165) is 6.42 Å². The normalized spacial score (nSPS) is 12.9. The van der Waals surface area contributed by atoms with Crippen LogP contribution in [0.25, 0.3) is 0 Å². The summed E-state index contributed by atoms with van der Waals surface area (Å²) < 4.78 is 0. The van der Waals surface area contributed by atoms with Gasteiger partial charge in [0.05, 0.1) is 11.4 Å². The van der Waals surface area contributed by atoms with Crippen LogP contribution in [-0.4, -0.2) is 6.41 Å². The van der Waals surface area contributed by atoms with Crippen molar-refractivity contribution < 1.29 is 4.79 Å². The standard InChI is InChI=1S/C8H14N2O/c1-3-5-7(9)8(4-2)10-6-11/h4-6H,3,9H2,1-2H3,(H,10,11)/b7-5+,8-4+. The van der Waals surface area contributed by atoms with Gasteiger partial charge in [0.2, 0.25) is 6.41 Å². The molecule has 0 fully saturated rings. The quantitative estimate of drug-likeness (QED) is 0.466. The number of rotatable bonds is 4. The summed E-state index contributed by atoms with van der Waals surface area (Å²) in [6, 6.07) is 0. The van der Waals surface area contributed by atoms with Crippen molar-refractivity contribution in [1.29, 1.82) is 0 Å². The molecule has 0 heterocycles. The highest BCUT2D eigenvalue weighted by molar-refractivity contribution is 5.53. The van der Waals surface area contributed by atoms with Crippen LogP contribution in [0.4, 0.5) is 0 Å². The summed E-state index contributed by atoms with van der Waals surface area (Å²) in [5.74, 6) is 0. The largest absolute Gasteiger partial charge is 0.397 e. The van der Waals surface area contributed by atoms with Crippen molar-refractivity contribution in [1.82, 2.24) is 5.32 Å². The molecule has 0 unspecified atom stereocenters. The maximum atomic E-state index is 10.0. The van der Waals surface area contributed by atoms with Crippen LogP contribution in [0.2, 0.25) is 0 Å². The Bertz CT molecular complexity index is 183. The van der Waals surface area contributed by atoms with E-state index in [9.17, 15) is 4.79 Å². The molecule has 0 bridgehead atoms. The lowest BCUT2D eigenvalue weighted by Crippen LogP contribution is -2.16. The molecule has 0 radical (unpaired) electrons. The van der Waals surface area contributed by atoms with E-state index >= 15 is 0 Å². The van der Waals surface area contributed by atoms with Gasteiger partial charge in [0.1, 0.15) is 0 Å². The Morgan fingerprint density at radius 2 is 2.27 bits per heavy atom. The van der Waals surface area contributed by atoms with Crippen LogP contribution in [0.3, 0.4) is 0 Å². The molecule has 3 nitrogen and oxygen atoms in total. The molecule has 0 aromatic rings. The second kappa shape index (κ2) is 5.53. The van der Waals surface area contributed by atoms with Crippen molar-refractivity contribution >= 4 is 6.41 Å². The van der Waals surface area contributed by atoms with Crippen molar-refractivity contribution in [2.75, 3.05) is 0 Å². The van der Waals surface area contributed by atoms with E-state index in [0.29, 0.717) is 17.8 Å². The Balaban J connectivity index is 4.26. The zero-order valence-corrected chi connectivity index (χ0v) is 6.92. The second-order valence-corrected chi connectivity index (χ2v) is 2.03. The van der Waals surface area contributed by atoms with Crippen molar-refractivity contribution in [2.45, 2.75) is 20.3 Å². The predicted octanol–water partition coefficient (Wildman–Crippen LogP) is 0.889. The zero-order chi connectivity index (χ0) is 8.69. The van der Waals surface area contributed by atoms with Gasteiger partial charge in [-0.25, -0.2) is 0 Å². The lowest BCUT2D eigenvalue weighted by molar-refractivity contribution is -0.108. The van der Waals surface area contributed by atoms with E-state index in [4.69, 9.17) is 5.73 Å². The first-order chi connectivity index (χ1) is 5.26. The lowest BCUT2D eigenvalue weighted by atomic mass is 10.2. The van der Waals surface area contributed by atoms with Gasteiger partial charge in [0, 0.05) is 0 Å². The summed E-state index contributed by atoms with van der Waals surface area (Å²) in [7, 11) is 0. The molecular weight excluding hydrogens is 140 g/mol. The Morgan fingerprint density at radius 3 is 2.64 bits per heavy atom. The monoisotopic (exact) mass is 154 g/mol. The van der Waals surface area contributed by atoms with Crippen LogP contribution in [0.5, 0.6) is 0 Å². The summed E-state index contributed by atoms with van der Waals surface area (Å²) >= 11 is 0.